The van der Waals surface area contributed by atoms with E-state index in [9.17, 15) is 34.1 Å². The van der Waals surface area contributed by atoms with Gasteiger partial charge in [-0.05, 0) is 74.1 Å². The van der Waals surface area contributed by atoms with E-state index in [-0.39, 0.29) is 73.2 Å². The molecule has 0 unspecified atom stereocenters. The summed E-state index contributed by atoms with van der Waals surface area (Å²) in [6.07, 6.45) is -2.58. The van der Waals surface area contributed by atoms with Gasteiger partial charge in [-0.25, -0.2) is 4.39 Å². The van der Waals surface area contributed by atoms with Crippen LogP contribution in [0.4, 0.5) is 4.39 Å². The third-order valence-corrected chi connectivity index (χ3v) is 7.95. The summed E-state index contributed by atoms with van der Waals surface area (Å²) in [5.41, 5.74) is 5.28. The summed E-state index contributed by atoms with van der Waals surface area (Å²) in [5.74, 6) is -2.28. The largest absolute Gasteiger partial charge is 1.00 e. The Bertz CT molecular complexity index is 1690. The van der Waals surface area contributed by atoms with Crippen LogP contribution in [0.5, 0.6) is 0 Å². The van der Waals surface area contributed by atoms with Crippen molar-refractivity contribution in [1.29, 1.82) is 0 Å². The molecule has 1 aromatic heterocycles. The first-order chi connectivity index (χ1) is 22.4. The van der Waals surface area contributed by atoms with Crippen molar-refractivity contribution < 1.29 is 63.7 Å². The second-order valence-electron chi connectivity index (χ2n) is 12.1. The van der Waals surface area contributed by atoms with E-state index in [4.69, 9.17) is 0 Å². The third kappa shape index (κ3) is 9.64. The Morgan fingerprint density at radius 1 is 0.875 bits per heavy atom. The number of amides is 2. The molecule has 248 valence electrons. The summed E-state index contributed by atoms with van der Waals surface area (Å²) in [7, 11) is 3.36. The molecule has 2 atom stereocenters. The van der Waals surface area contributed by atoms with Gasteiger partial charge in [0.05, 0.1) is 12.2 Å². The number of rotatable bonds is 14. The van der Waals surface area contributed by atoms with Crippen LogP contribution in [0.15, 0.2) is 78.9 Å². The van der Waals surface area contributed by atoms with Crippen molar-refractivity contribution in [2.75, 3.05) is 14.1 Å². The fourth-order valence-corrected chi connectivity index (χ4v) is 5.79. The first-order valence-electron chi connectivity index (χ1n) is 15.6. The van der Waals surface area contributed by atoms with Crippen molar-refractivity contribution in [3.05, 3.63) is 107 Å². The normalized spacial score (nSPS) is 12.2. The molecule has 2 amide bonds. The van der Waals surface area contributed by atoms with E-state index in [1.807, 2.05) is 48.7 Å². The Kier molecular flexibility index (Phi) is 14.1. The zero-order chi connectivity index (χ0) is 34.2. The van der Waals surface area contributed by atoms with Gasteiger partial charge < -0.3 is 34.9 Å². The van der Waals surface area contributed by atoms with Gasteiger partial charge >= 0.3 is 29.6 Å². The van der Waals surface area contributed by atoms with Crippen molar-refractivity contribution in [1.82, 2.24) is 14.8 Å². The minimum atomic E-state index is -1.40. The van der Waals surface area contributed by atoms with Gasteiger partial charge in [-0.3, -0.25) is 9.59 Å². The molecule has 0 fully saturated rings. The van der Waals surface area contributed by atoms with Gasteiger partial charge in [0.25, 0.3) is 11.8 Å². The topological polar surface area (TPSA) is 135 Å². The summed E-state index contributed by atoms with van der Waals surface area (Å²) in [6, 6.07) is 22.3. The number of aliphatic hydroxyl groups excluding tert-OH is 2. The molecule has 4 aromatic rings. The molecule has 1 heterocycles. The molecule has 3 N–H and O–H groups in total. The molecule has 0 radical (unpaired) electrons. The van der Waals surface area contributed by atoms with E-state index < -0.39 is 30.4 Å². The van der Waals surface area contributed by atoms with E-state index in [2.05, 4.69) is 5.32 Å². The third-order valence-electron chi connectivity index (χ3n) is 7.95. The molecule has 9 nitrogen and oxygen atoms in total. The van der Waals surface area contributed by atoms with Crippen LogP contribution in [0.3, 0.4) is 0 Å². The molecular weight excluding hydrogens is 624 g/mol. The van der Waals surface area contributed by atoms with E-state index >= 15 is 0 Å². The number of aliphatic carboxylic acids is 1. The molecule has 0 saturated carbocycles. The maximum absolute atomic E-state index is 14.2. The van der Waals surface area contributed by atoms with E-state index in [1.165, 1.54) is 17.0 Å². The molecule has 0 aliphatic rings. The monoisotopic (exact) mass is 665 g/mol. The Hall–Kier alpha value is -3.80. The Labute approximate surface area is 302 Å². The van der Waals surface area contributed by atoms with Crippen molar-refractivity contribution >= 4 is 17.8 Å². The number of carboxylic acids is 1. The number of hydrogen-bond donors (Lipinski definition) is 3. The van der Waals surface area contributed by atoms with Crippen LogP contribution in [-0.4, -0.2) is 63.8 Å². The molecule has 0 aliphatic carbocycles. The average molecular weight is 666 g/mol. The zero-order valence-electron chi connectivity index (χ0n) is 28.1. The van der Waals surface area contributed by atoms with Gasteiger partial charge in [0, 0.05) is 61.5 Å². The van der Waals surface area contributed by atoms with E-state index in [0.29, 0.717) is 27.9 Å². The standard InChI is InChI=1S/C37H42FN3O6.Na/c1-23(2)41-31(19-18-29(42)20-30(43)21-32(44)45)33(26-14-16-28(38)17-15-26)34(25-8-6-5-7-9-25)35(41)36(46)39-22-24-10-12-27(13-11-24)37(47)40(3)4;/h5-17,23,29-30,42-43H,18-22H2,1-4H3,(H,39,46)(H,44,45);/q;+1/p-1/t29-,30-;/m1./s1. The average Bonchev–Trinajstić information content (AvgIpc) is 3.38. The van der Waals surface area contributed by atoms with Gasteiger partial charge in [0.15, 0.2) is 0 Å². The van der Waals surface area contributed by atoms with Gasteiger partial charge in [0.1, 0.15) is 11.5 Å². The van der Waals surface area contributed by atoms with E-state index in [0.717, 1.165) is 16.8 Å². The van der Waals surface area contributed by atoms with Crippen LogP contribution >= 0.6 is 0 Å². The molecule has 11 heteroatoms. The van der Waals surface area contributed by atoms with Gasteiger partial charge in [-0.15, -0.1) is 0 Å². The fourth-order valence-electron chi connectivity index (χ4n) is 5.79. The smallest absolute Gasteiger partial charge is 0.550 e. The van der Waals surface area contributed by atoms with Crippen LogP contribution < -0.4 is 40.0 Å². The summed E-state index contributed by atoms with van der Waals surface area (Å²) >= 11 is 0. The summed E-state index contributed by atoms with van der Waals surface area (Å²) < 4.78 is 16.0. The number of nitrogens with one attached hydrogen (secondary N) is 1. The summed E-state index contributed by atoms with van der Waals surface area (Å²) in [6.45, 7) is 4.09. The number of nitrogens with zero attached hydrogens (tertiary/aromatic N) is 2. The van der Waals surface area contributed by atoms with Crippen molar-refractivity contribution in [3.8, 4) is 22.3 Å². The molecule has 0 spiro atoms. The van der Waals surface area contributed by atoms with Gasteiger partial charge in [-0.2, -0.15) is 0 Å². The summed E-state index contributed by atoms with van der Waals surface area (Å²) in [5, 5.41) is 34.8. The predicted molar refractivity (Wildman–Crippen MR) is 176 cm³/mol. The van der Waals surface area contributed by atoms with Crippen LogP contribution in [0.2, 0.25) is 0 Å². The number of benzene rings is 3. The van der Waals surface area contributed by atoms with Gasteiger partial charge in [-0.1, -0.05) is 54.6 Å². The minimum Gasteiger partial charge on any atom is -0.550 e. The second-order valence-corrected chi connectivity index (χ2v) is 12.1. The summed E-state index contributed by atoms with van der Waals surface area (Å²) in [4.78, 5) is 39.0. The number of carboxylic acid groups (broad SMARTS) is 1. The molecule has 4 rings (SSSR count). The Morgan fingerprint density at radius 3 is 2.04 bits per heavy atom. The first-order valence-corrected chi connectivity index (χ1v) is 15.6. The Morgan fingerprint density at radius 2 is 1.48 bits per heavy atom. The van der Waals surface area contributed by atoms with Gasteiger partial charge in [0.2, 0.25) is 0 Å². The molecule has 48 heavy (non-hydrogen) atoms. The zero-order valence-corrected chi connectivity index (χ0v) is 30.1. The number of aromatic nitrogens is 1. The van der Waals surface area contributed by atoms with Crippen molar-refractivity contribution in [2.45, 2.75) is 64.3 Å². The van der Waals surface area contributed by atoms with Crippen molar-refractivity contribution in [2.24, 2.45) is 0 Å². The number of hydrogen-bond acceptors (Lipinski definition) is 6. The number of carbonyl (C=O) groups excluding carboxylic acids is 3. The van der Waals surface area contributed by atoms with Crippen LogP contribution in [0, 0.1) is 5.82 Å². The molecule has 0 bridgehead atoms. The van der Waals surface area contributed by atoms with Crippen LogP contribution in [0.25, 0.3) is 22.3 Å². The predicted octanol–water partition coefficient (Wildman–Crippen LogP) is 1.36. The molecule has 3 aromatic carbocycles. The molecular formula is C37H41FN3NaO6. The fraction of sp³-hybridized carbons (Fsp3) is 0.324. The maximum atomic E-state index is 14.2. The second kappa shape index (κ2) is 17.6. The number of carbonyl (C=O) groups is 3. The maximum Gasteiger partial charge on any atom is 1.00 e. The van der Waals surface area contributed by atoms with E-state index in [1.54, 1.807) is 50.5 Å². The van der Waals surface area contributed by atoms with Crippen molar-refractivity contribution in [3.63, 3.8) is 0 Å². The first kappa shape index (κ1) is 38.6. The molecule has 0 aliphatic heterocycles. The molecule has 0 saturated heterocycles. The van der Waals surface area contributed by atoms with Crippen LogP contribution in [0.1, 0.15) is 71.3 Å². The number of halogens is 1. The SMILES string of the molecule is CC(C)n1c(CC[C@@H](O)C[C@@H](O)CC(=O)[O-])c(-c2ccc(F)cc2)c(-c2ccccc2)c1C(=O)NCc1ccc(C(=O)N(C)C)cc1.[Na+]. The Balaban J connectivity index is 0.00000625. The van der Waals surface area contributed by atoms with Crippen LogP contribution in [-0.2, 0) is 17.8 Å². The minimum absolute atomic E-state index is 0. The quantitative estimate of drug-likeness (QED) is 0.174. The number of aliphatic hydroxyl groups is 2.